The predicted molar refractivity (Wildman–Crippen MR) is 92.6 cm³/mol. The summed E-state index contributed by atoms with van der Waals surface area (Å²) in [5.41, 5.74) is -0.116. The smallest absolute Gasteiger partial charge is 0.241 e. The van der Waals surface area contributed by atoms with Crippen molar-refractivity contribution in [3.63, 3.8) is 0 Å². The number of aromatic nitrogens is 1. The molecule has 0 radical (unpaired) electrons. The van der Waals surface area contributed by atoms with Gasteiger partial charge in [-0.15, -0.1) is 0 Å². The zero-order valence-corrected chi connectivity index (χ0v) is 14.9. The normalized spacial score (nSPS) is 24.2. The number of rotatable bonds is 2. The number of carbonyl (C=O) groups is 2. The standard InChI is InChI=1S/C18H26N4O3/c1-14(23)22-11-10-20(2)16(13-22)17(24)21-8-5-18(25,6-9-21)15-4-3-7-19-12-15/h3-4,7,12,16,25H,5-6,8-11,13H2,1-2H3. The van der Waals surface area contributed by atoms with E-state index in [2.05, 4.69) is 4.98 Å². The molecule has 2 aliphatic rings. The van der Waals surface area contributed by atoms with Crippen LogP contribution in [0.3, 0.4) is 0 Å². The van der Waals surface area contributed by atoms with Crippen LogP contribution in [0.5, 0.6) is 0 Å². The number of hydrogen-bond acceptors (Lipinski definition) is 5. The molecule has 1 aromatic heterocycles. The number of pyridine rings is 1. The Labute approximate surface area is 148 Å². The summed E-state index contributed by atoms with van der Waals surface area (Å²) < 4.78 is 0. The fraction of sp³-hybridized carbons (Fsp3) is 0.611. The minimum Gasteiger partial charge on any atom is -0.385 e. The maximum atomic E-state index is 12.9. The molecule has 136 valence electrons. The van der Waals surface area contributed by atoms with Crippen LogP contribution in [-0.2, 0) is 15.2 Å². The number of amides is 2. The largest absolute Gasteiger partial charge is 0.385 e. The SMILES string of the molecule is CC(=O)N1CCN(C)C(C(=O)N2CCC(O)(c3cccnc3)CC2)C1. The number of likely N-dealkylation sites (tertiary alicyclic amines) is 1. The molecule has 7 nitrogen and oxygen atoms in total. The number of carbonyl (C=O) groups excluding carboxylic acids is 2. The van der Waals surface area contributed by atoms with Crippen molar-refractivity contribution in [3.8, 4) is 0 Å². The monoisotopic (exact) mass is 346 g/mol. The van der Waals surface area contributed by atoms with E-state index in [1.54, 1.807) is 24.2 Å². The molecule has 0 spiro atoms. The van der Waals surface area contributed by atoms with E-state index in [9.17, 15) is 14.7 Å². The molecule has 1 unspecified atom stereocenters. The molecule has 2 amide bonds. The number of nitrogens with zero attached hydrogens (tertiary/aromatic N) is 4. The van der Waals surface area contributed by atoms with Crippen LogP contribution in [0.15, 0.2) is 24.5 Å². The highest BCUT2D eigenvalue weighted by atomic mass is 16.3. The highest BCUT2D eigenvalue weighted by Gasteiger charge is 2.39. The Balaban J connectivity index is 1.64. The summed E-state index contributed by atoms with van der Waals surface area (Å²) in [6.45, 7) is 4.36. The van der Waals surface area contributed by atoms with Gasteiger partial charge >= 0.3 is 0 Å². The lowest BCUT2D eigenvalue weighted by molar-refractivity contribution is -0.145. The average Bonchev–Trinajstić information content (AvgIpc) is 2.63. The molecule has 0 saturated carbocycles. The Bertz CT molecular complexity index is 628. The van der Waals surface area contributed by atoms with Gasteiger partial charge in [-0.25, -0.2) is 0 Å². The summed E-state index contributed by atoms with van der Waals surface area (Å²) in [5.74, 6) is 0.0529. The third-order valence-corrected chi connectivity index (χ3v) is 5.48. The van der Waals surface area contributed by atoms with E-state index in [4.69, 9.17) is 0 Å². The molecule has 1 aromatic rings. The number of likely N-dealkylation sites (N-methyl/N-ethyl adjacent to an activating group) is 1. The van der Waals surface area contributed by atoms with Crippen LogP contribution in [0.25, 0.3) is 0 Å². The molecular formula is C18H26N4O3. The summed E-state index contributed by atoms with van der Waals surface area (Å²) in [4.78, 5) is 34.2. The van der Waals surface area contributed by atoms with E-state index < -0.39 is 5.60 Å². The molecule has 2 fully saturated rings. The Morgan fingerprint density at radius 3 is 2.52 bits per heavy atom. The van der Waals surface area contributed by atoms with Crippen molar-refractivity contribution in [2.75, 3.05) is 39.8 Å². The van der Waals surface area contributed by atoms with Gasteiger partial charge in [0.1, 0.15) is 6.04 Å². The van der Waals surface area contributed by atoms with Gasteiger partial charge in [0.05, 0.1) is 5.60 Å². The van der Waals surface area contributed by atoms with Crippen molar-refractivity contribution >= 4 is 11.8 Å². The van der Waals surface area contributed by atoms with E-state index in [-0.39, 0.29) is 17.9 Å². The van der Waals surface area contributed by atoms with Crippen molar-refractivity contribution in [1.82, 2.24) is 19.7 Å². The first kappa shape index (κ1) is 17.8. The van der Waals surface area contributed by atoms with Crippen molar-refractivity contribution in [3.05, 3.63) is 30.1 Å². The Hall–Kier alpha value is -1.99. The first-order valence-corrected chi connectivity index (χ1v) is 8.78. The molecule has 3 heterocycles. The zero-order chi connectivity index (χ0) is 18.0. The van der Waals surface area contributed by atoms with Crippen LogP contribution in [0.1, 0.15) is 25.3 Å². The lowest BCUT2D eigenvalue weighted by Gasteiger charge is -2.43. The topological polar surface area (TPSA) is 77.0 Å². The van der Waals surface area contributed by atoms with E-state index >= 15 is 0 Å². The van der Waals surface area contributed by atoms with Crippen molar-refractivity contribution in [2.24, 2.45) is 0 Å². The van der Waals surface area contributed by atoms with Crippen molar-refractivity contribution in [2.45, 2.75) is 31.4 Å². The van der Waals surface area contributed by atoms with E-state index in [1.807, 2.05) is 29.0 Å². The minimum absolute atomic E-state index is 0.00972. The lowest BCUT2D eigenvalue weighted by atomic mass is 9.85. The number of piperidine rings is 1. The molecular weight excluding hydrogens is 320 g/mol. The number of piperazine rings is 1. The molecule has 0 aliphatic carbocycles. The first-order chi connectivity index (χ1) is 11.9. The minimum atomic E-state index is -0.922. The zero-order valence-electron chi connectivity index (χ0n) is 14.9. The maximum Gasteiger partial charge on any atom is 0.241 e. The number of hydrogen-bond donors (Lipinski definition) is 1. The fourth-order valence-corrected chi connectivity index (χ4v) is 3.66. The van der Waals surface area contributed by atoms with E-state index in [0.717, 1.165) is 5.56 Å². The highest BCUT2D eigenvalue weighted by molar-refractivity contribution is 5.83. The van der Waals surface area contributed by atoms with E-state index in [0.29, 0.717) is 45.6 Å². The maximum absolute atomic E-state index is 12.9. The van der Waals surface area contributed by atoms with Crippen LogP contribution in [0, 0.1) is 0 Å². The van der Waals surface area contributed by atoms with Crippen LogP contribution in [0.4, 0.5) is 0 Å². The molecule has 25 heavy (non-hydrogen) atoms. The van der Waals surface area contributed by atoms with Gasteiger partial charge in [-0.3, -0.25) is 19.5 Å². The van der Waals surface area contributed by atoms with Gasteiger partial charge in [-0.1, -0.05) is 6.07 Å². The summed E-state index contributed by atoms with van der Waals surface area (Å²) >= 11 is 0. The lowest BCUT2D eigenvalue weighted by Crippen LogP contribution is -2.60. The predicted octanol–water partition coefficient (Wildman–Crippen LogP) is 0.0541. The van der Waals surface area contributed by atoms with Gasteiger partial charge in [0, 0.05) is 57.6 Å². The summed E-state index contributed by atoms with van der Waals surface area (Å²) in [5, 5.41) is 10.9. The second kappa shape index (κ2) is 7.09. The van der Waals surface area contributed by atoms with Crippen LogP contribution < -0.4 is 0 Å². The molecule has 0 bridgehead atoms. The van der Waals surface area contributed by atoms with Gasteiger partial charge < -0.3 is 14.9 Å². The summed E-state index contributed by atoms with van der Waals surface area (Å²) in [6, 6.07) is 3.39. The highest BCUT2D eigenvalue weighted by Crippen LogP contribution is 2.32. The molecule has 3 rings (SSSR count). The summed E-state index contributed by atoms with van der Waals surface area (Å²) in [7, 11) is 1.93. The molecule has 1 N–H and O–H groups in total. The van der Waals surface area contributed by atoms with Gasteiger partial charge in [0.25, 0.3) is 0 Å². The van der Waals surface area contributed by atoms with Gasteiger partial charge in [-0.05, 0) is 26.0 Å². The quantitative estimate of drug-likeness (QED) is 0.819. The first-order valence-electron chi connectivity index (χ1n) is 8.78. The molecule has 1 atom stereocenters. The van der Waals surface area contributed by atoms with Gasteiger partial charge in [0.15, 0.2) is 0 Å². The average molecular weight is 346 g/mol. The Morgan fingerprint density at radius 2 is 1.92 bits per heavy atom. The van der Waals surface area contributed by atoms with Crippen LogP contribution in [-0.4, -0.2) is 82.4 Å². The van der Waals surface area contributed by atoms with E-state index in [1.165, 1.54) is 0 Å². The van der Waals surface area contributed by atoms with Crippen molar-refractivity contribution in [1.29, 1.82) is 0 Å². The summed E-state index contributed by atoms with van der Waals surface area (Å²) in [6.07, 6.45) is 4.37. The molecule has 2 aliphatic heterocycles. The second-order valence-corrected chi connectivity index (χ2v) is 7.06. The third kappa shape index (κ3) is 3.67. The molecule has 0 aromatic carbocycles. The second-order valence-electron chi connectivity index (χ2n) is 7.06. The third-order valence-electron chi connectivity index (χ3n) is 5.48. The fourth-order valence-electron chi connectivity index (χ4n) is 3.66. The van der Waals surface area contributed by atoms with Crippen LogP contribution in [0.2, 0.25) is 0 Å². The molecule has 2 saturated heterocycles. The van der Waals surface area contributed by atoms with Crippen molar-refractivity contribution < 1.29 is 14.7 Å². The molecule has 7 heteroatoms. The van der Waals surface area contributed by atoms with Crippen LogP contribution >= 0.6 is 0 Å². The Kier molecular flexibility index (Phi) is 5.06. The van der Waals surface area contributed by atoms with Gasteiger partial charge in [-0.2, -0.15) is 0 Å². The number of aliphatic hydroxyl groups is 1. The van der Waals surface area contributed by atoms with Gasteiger partial charge in [0.2, 0.25) is 11.8 Å². The Morgan fingerprint density at radius 1 is 1.20 bits per heavy atom.